The van der Waals surface area contributed by atoms with E-state index in [1.165, 1.54) is 5.56 Å². The fourth-order valence-electron chi connectivity index (χ4n) is 3.52. The van der Waals surface area contributed by atoms with Gasteiger partial charge in [0.25, 0.3) is 0 Å². The smallest absolute Gasteiger partial charge is 0.191 e. The molecule has 164 valence electrons. The molecular weight excluding hydrogens is 507 g/mol. The van der Waals surface area contributed by atoms with Crippen LogP contribution in [0.3, 0.4) is 0 Å². The third kappa shape index (κ3) is 8.35. The maximum absolute atomic E-state index is 12.4. The van der Waals surface area contributed by atoms with Gasteiger partial charge in [-0.3, -0.25) is 14.1 Å². The Kier molecular flexibility index (Phi) is 11.4. The molecular formula is C23H33IN4OS. The Morgan fingerprint density at radius 3 is 2.33 bits per heavy atom. The summed E-state index contributed by atoms with van der Waals surface area (Å²) >= 11 is 0. The third-order valence-corrected chi connectivity index (χ3v) is 6.43. The minimum atomic E-state index is -1.00. The van der Waals surface area contributed by atoms with Crippen LogP contribution in [0.4, 0.5) is 0 Å². The number of halogens is 1. The lowest BCUT2D eigenvalue weighted by Crippen LogP contribution is -2.48. The van der Waals surface area contributed by atoms with Gasteiger partial charge in [-0.25, -0.2) is 0 Å². The van der Waals surface area contributed by atoms with Crippen LogP contribution in [0.1, 0.15) is 25.3 Å². The van der Waals surface area contributed by atoms with Crippen molar-refractivity contribution >= 4 is 40.7 Å². The Bertz CT molecular complexity index is 780. The SMILES string of the molecule is CCNC(=NCCS(=O)c1ccccc1)NC1CCN(Cc2ccccc2)CC1.I. The van der Waals surface area contributed by atoms with Gasteiger partial charge in [0, 0.05) is 42.9 Å². The van der Waals surface area contributed by atoms with Crippen molar-refractivity contribution in [2.45, 2.75) is 37.2 Å². The van der Waals surface area contributed by atoms with E-state index in [1.807, 2.05) is 30.3 Å². The molecule has 0 amide bonds. The zero-order chi connectivity index (χ0) is 20.3. The van der Waals surface area contributed by atoms with Gasteiger partial charge in [0.1, 0.15) is 0 Å². The van der Waals surface area contributed by atoms with Crippen LogP contribution in [0.15, 0.2) is 70.6 Å². The van der Waals surface area contributed by atoms with Gasteiger partial charge in [-0.15, -0.1) is 24.0 Å². The highest BCUT2D eigenvalue weighted by molar-refractivity contribution is 14.0. The molecule has 1 unspecified atom stereocenters. The summed E-state index contributed by atoms with van der Waals surface area (Å²) in [4.78, 5) is 8.03. The fraction of sp³-hybridized carbons (Fsp3) is 0.435. The minimum Gasteiger partial charge on any atom is -0.357 e. The quantitative estimate of drug-likeness (QED) is 0.305. The number of benzene rings is 2. The van der Waals surface area contributed by atoms with Gasteiger partial charge >= 0.3 is 0 Å². The Labute approximate surface area is 200 Å². The summed E-state index contributed by atoms with van der Waals surface area (Å²) in [5.41, 5.74) is 1.38. The maximum atomic E-state index is 12.4. The van der Waals surface area contributed by atoms with Crippen LogP contribution in [0.25, 0.3) is 0 Å². The standard InChI is InChI=1S/C23H32N4OS.HI/c1-2-24-23(25-15-18-29(28)22-11-7-4-8-12-22)26-21-13-16-27(17-14-21)19-20-9-5-3-6-10-20;/h3-12,21H,2,13-19H2,1H3,(H2,24,25,26);1H. The highest BCUT2D eigenvalue weighted by Crippen LogP contribution is 2.14. The molecule has 0 bridgehead atoms. The van der Waals surface area contributed by atoms with Gasteiger partial charge in [-0.1, -0.05) is 48.5 Å². The predicted molar refractivity (Wildman–Crippen MR) is 137 cm³/mol. The molecule has 1 aliphatic rings. The third-order valence-electron chi connectivity index (χ3n) is 5.07. The van der Waals surface area contributed by atoms with Gasteiger partial charge in [0.15, 0.2) is 5.96 Å². The average Bonchev–Trinajstić information content (AvgIpc) is 2.76. The van der Waals surface area contributed by atoms with Crippen molar-refractivity contribution in [1.82, 2.24) is 15.5 Å². The highest BCUT2D eigenvalue weighted by atomic mass is 127. The zero-order valence-electron chi connectivity index (χ0n) is 17.6. The van der Waals surface area contributed by atoms with Crippen LogP contribution in [0, 0.1) is 0 Å². The van der Waals surface area contributed by atoms with Gasteiger partial charge in [-0.2, -0.15) is 0 Å². The first-order valence-electron chi connectivity index (χ1n) is 10.5. The highest BCUT2D eigenvalue weighted by Gasteiger charge is 2.20. The first kappa shape index (κ1) is 24.8. The first-order chi connectivity index (χ1) is 14.2. The number of nitrogens with one attached hydrogen (secondary N) is 2. The lowest BCUT2D eigenvalue weighted by molar-refractivity contribution is 0.198. The van der Waals surface area contributed by atoms with Crippen molar-refractivity contribution in [3.63, 3.8) is 0 Å². The van der Waals surface area contributed by atoms with E-state index in [0.29, 0.717) is 18.3 Å². The van der Waals surface area contributed by atoms with Crippen LogP contribution in [0.2, 0.25) is 0 Å². The van der Waals surface area contributed by atoms with Crippen molar-refractivity contribution < 1.29 is 4.21 Å². The summed E-state index contributed by atoms with van der Waals surface area (Å²) in [6.45, 7) is 6.63. The molecule has 2 N–H and O–H groups in total. The molecule has 0 saturated carbocycles. The van der Waals surface area contributed by atoms with Gasteiger partial charge in [0.2, 0.25) is 0 Å². The lowest BCUT2D eigenvalue weighted by atomic mass is 10.0. The molecule has 2 aromatic carbocycles. The van der Waals surface area contributed by atoms with Gasteiger partial charge in [0.05, 0.1) is 17.3 Å². The second kappa shape index (κ2) is 13.8. The Morgan fingerprint density at radius 2 is 1.70 bits per heavy atom. The summed E-state index contributed by atoms with van der Waals surface area (Å²) in [5.74, 6) is 1.37. The summed E-state index contributed by atoms with van der Waals surface area (Å²) in [5, 5.41) is 6.89. The lowest BCUT2D eigenvalue weighted by Gasteiger charge is -2.33. The average molecular weight is 541 g/mol. The number of guanidine groups is 1. The van der Waals surface area contributed by atoms with Crippen LogP contribution in [-0.4, -0.2) is 53.0 Å². The van der Waals surface area contributed by atoms with E-state index < -0.39 is 10.8 Å². The number of rotatable bonds is 8. The molecule has 1 saturated heterocycles. The molecule has 7 heteroatoms. The maximum Gasteiger partial charge on any atom is 0.191 e. The monoisotopic (exact) mass is 540 g/mol. The zero-order valence-corrected chi connectivity index (χ0v) is 20.8. The molecule has 0 spiro atoms. The van der Waals surface area contributed by atoms with Gasteiger partial charge < -0.3 is 10.6 Å². The molecule has 2 aromatic rings. The normalized spacial score (nSPS) is 16.5. The van der Waals surface area contributed by atoms with E-state index in [1.54, 1.807) is 0 Å². The molecule has 1 aliphatic heterocycles. The topological polar surface area (TPSA) is 56.7 Å². The van der Waals surface area contributed by atoms with Crippen molar-refractivity contribution in [3.8, 4) is 0 Å². The molecule has 0 aliphatic carbocycles. The molecule has 30 heavy (non-hydrogen) atoms. The fourth-order valence-corrected chi connectivity index (χ4v) is 4.47. The summed E-state index contributed by atoms with van der Waals surface area (Å²) in [7, 11) is -1.00. The molecule has 1 atom stereocenters. The van der Waals surface area contributed by atoms with Crippen LogP contribution < -0.4 is 10.6 Å². The van der Waals surface area contributed by atoms with Crippen LogP contribution >= 0.6 is 24.0 Å². The van der Waals surface area contributed by atoms with Crippen molar-refractivity contribution in [3.05, 3.63) is 66.2 Å². The molecule has 3 rings (SSSR count). The van der Waals surface area contributed by atoms with E-state index in [-0.39, 0.29) is 24.0 Å². The first-order valence-corrected chi connectivity index (χ1v) is 11.8. The van der Waals surface area contributed by atoms with E-state index in [2.05, 4.69) is 57.8 Å². The van der Waals surface area contributed by atoms with E-state index in [4.69, 9.17) is 0 Å². The number of likely N-dealkylation sites (tertiary alicyclic amines) is 1. The molecule has 0 aromatic heterocycles. The number of hydrogen-bond donors (Lipinski definition) is 2. The Balaban J connectivity index is 0.00000320. The van der Waals surface area contributed by atoms with E-state index in [0.717, 1.165) is 49.9 Å². The van der Waals surface area contributed by atoms with E-state index in [9.17, 15) is 4.21 Å². The Morgan fingerprint density at radius 1 is 1.07 bits per heavy atom. The summed E-state index contributed by atoms with van der Waals surface area (Å²) in [6.07, 6.45) is 2.21. The number of piperidine rings is 1. The number of hydrogen-bond acceptors (Lipinski definition) is 3. The summed E-state index contributed by atoms with van der Waals surface area (Å²) in [6, 6.07) is 20.7. The largest absolute Gasteiger partial charge is 0.357 e. The molecule has 1 heterocycles. The molecule has 1 fully saturated rings. The number of aliphatic imine (C=N–C) groups is 1. The van der Waals surface area contributed by atoms with Crippen LogP contribution in [-0.2, 0) is 17.3 Å². The van der Waals surface area contributed by atoms with E-state index >= 15 is 0 Å². The molecule has 0 radical (unpaired) electrons. The van der Waals surface area contributed by atoms with Gasteiger partial charge in [-0.05, 0) is 37.5 Å². The van der Waals surface area contributed by atoms with Crippen molar-refractivity contribution in [1.29, 1.82) is 0 Å². The second-order valence-corrected chi connectivity index (χ2v) is 8.87. The van der Waals surface area contributed by atoms with Crippen LogP contribution in [0.5, 0.6) is 0 Å². The van der Waals surface area contributed by atoms with Crippen molar-refractivity contribution in [2.24, 2.45) is 4.99 Å². The molecule has 5 nitrogen and oxygen atoms in total. The van der Waals surface area contributed by atoms with Crippen molar-refractivity contribution in [2.75, 3.05) is 31.9 Å². The second-order valence-electron chi connectivity index (χ2n) is 7.30. The Hall–Kier alpha value is -1.45. The summed E-state index contributed by atoms with van der Waals surface area (Å²) < 4.78 is 12.4. The minimum absolute atomic E-state index is 0. The number of nitrogens with zero attached hydrogens (tertiary/aromatic N) is 2. The predicted octanol–water partition coefficient (Wildman–Crippen LogP) is 3.63.